The molecule has 0 aromatic heterocycles. The Labute approximate surface area is 209 Å². The van der Waals surface area contributed by atoms with Gasteiger partial charge in [0, 0.05) is 45.5 Å². The molecule has 3 unspecified atom stereocenters. The van der Waals surface area contributed by atoms with Crippen molar-refractivity contribution in [3.8, 4) is 0 Å². The molecule has 5 rings (SSSR count). The van der Waals surface area contributed by atoms with E-state index in [1.165, 1.54) is 44.1 Å². The van der Waals surface area contributed by atoms with Crippen LogP contribution in [0.25, 0.3) is 0 Å². The minimum absolute atomic E-state index is 0. The molecule has 4 N–H and O–H groups in total. The van der Waals surface area contributed by atoms with Crippen LogP contribution in [0.1, 0.15) is 97.8 Å². The van der Waals surface area contributed by atoms with Crippen LogP contribution in [0.5, 0.6) is 0 Å². The maximum absolute atomic E-state index is 12.1. The van der Waals surface area contributed by atoms with Gasteiger partial charge in [0.15, 0.2) is 5.78 Å². The summed E-state index contributed by atoms with van der Waals surface area (Å²) in [4.78, 5) is 24.0. The van der Waals surface area contributed by atoms with E-state index in [0.717, 1.165) is 56.3 Å². The van der Waals surface area contributed by atoms with Gasteiger partial charge in [0.1, 0.15) is 5.78 Å². The van der Waals surface area contributed by atoms with E-state index in [1.54, 1.807) is 6.92 Å². The Morgan fingerprint density at radius 2 is 1.56 bits per heavy atom. The van der Waals surface area contributed by atoms with Crippen LogP contribution in [-0.4, -0.2) is 23.7 Å². The van der Waals surface area contributed by atoms with E-state index in [-0.39, 0.29) is 44.0 Å². The van der Waals surface area contributed by atoms with Crippen molar-refractivity contribution < 1.29 is 30.7 Å². The molecule has 0 radical (unpaired) electrons. The van der Waals surface area contributed by atoms with E-state index < -0.39 is 0 Å². The molecule has 184 valence electrons. The summed E-state index contributed by atoms with van der Waals surface area (Å²) in [5.74, 6) is 3.29. The van der Waals surface area contributed by atoms with Crippen molar-refractivity contribution in [1.29, 1.82) is 0 Å². The normalized spacial score (nSPS) is 45.2. The van der Waals surface area contributed by atoms with Gasteiger partial charge < -0.3 is 11.5 Å². The van der Waals surface area contributed by atoms with Crippen molar-refractivity contribution in [2.75, 3.05) is 0 Å². The molecular formula is C27H44N2O2Pt. The summed E-state index contributed by atoms with van der Waals surface area (Å²) in [5, 5.41) is 0. The summed E-state index contributed by atoms with van der Waals surface area (Å²) in [6, 6.07) is 0.562. The average molecular weight is 624 g/mol. The van der Waals surface area contributed by atoms with Gasteiger partial charge in [-0.15, -0.1) is 0 Å². The summed E-state index contributed by atoms with van der Waals surface area (Å²) < 4.78 is 0. The zero-order chi connectivity index (χ0) is 22.4. The van der Waals surface area contributed by atoms with Crippen LogP contribution < -0.4 is 11.5 Å². The summed E-state index contributed by atoms with van der Waals surface area (Å²) in [6.07, 6.45) is 15.7. The van der Waals surface area contributed by atoms with Gasteiger partial charge in [0.25, 0.3) is 0 Å². The molecule has 0 amide bonds. The van der Waals surface area contributed by atoms with Crippen LogP contribution >= 0.6 is 0 Å². The van der Waals surface area contributed by atoms with Crippen molar-refractivity contribution in [3.05, 3.63) is 11.6 Å². The van der Waals surface area contributed by atoms with Crippen LogP contribution in [0.15, 0.2) is 11.6 Å². The third-order valence-corrected chi connectivity index (χ3v) is 10.3. The molecular weight excluding hydrogens is 579 g/mol. The topological polar surface area (TPSA) is 86.2 Å². The molecule has 0 aliphatic heterocycles. The first-order chi connectivity index (χ1) is 14.7. The standard InChI is InChI=1S/C21H30O2.C6H14N2.Pt/c1-13(22)17-6-7-18-16-5-4-14-12-15(23)8-10-20(14,2)19(16)9-11-21(17,18)3;7-5-3-1-2-4-6(5)8;/h12,16-19H,4-11H2,1-3H3;5-6H,1-4,7-8H2;/t16?,17-,18?,19?,20+,21-;5-,6-;/m11./s1. The molecule has 5 aliphatic rings. The number of hydrogen-bond donors (Lipinski definition) is 2. The van der Waals surface area contributed by atoms with Gasteiger partial charge in [0.05, 0.1) is 0 Å². The average Bonchev–Trinajstić information content (AvgIpc) is 3.09. The quantitative estimate of drug-likeness (QED) is 0.434. The van der Waals surface area contributed by atoms with Gasteiger partial charge in [-0.25, -0.2) is 0 Å². The second-order valence-corrected chi connectivity index (χ2v) is 11.9. The Bertz CT molecular complexity index is 742. The van der Waals surface area contributed by atoms with Gasteiger partial charge in [-0.3, -0.25) is 9.59 Å². The molecule has 0 saturated heterocycles. The largest absolute Gasteiger partial charge is 0.326 e. The van der Waals surface area contributed by atoms with Crippen LogP contribution in [0, 0.1) is 34.5 Å². The van der Waals surface area contributed by atoms with E-state index in [4.69, 9.17) is 11.5 Å². The van der Waals surface area contributed by atoms with E-state index in [2.05, 4.69) is 13.8 Å². The summed E-state index contributed by atoms with van der Waals surface area (Å²) in [7, 11) is 0. The minimum Gasteiger partial charge on any atom is -0.326 e. The molecule has 4 fully saturated rings. The molecule has 5 aliphatic carbocycles. The number of fused-ring (bicyclic) bond motifs is 5. The van der Waals surface area contributed by atoms with Crippen LogP contribution in [0.3, 0.4) is 0 Å². The van der Waals surface area contributed by atoms with Crippen LogP contribution in [-0.2, 0) is 30.7 Å². The molecule has 0 spiro atoms. The van der Waals surface area contributed by atoms with Crippen LogP contribution in [0.4, 0.5) is 0 Å². The van der Waals surface area contributed by atoms with Crippen molar-refractivity contribution in [3.63, 3.8) is 0 Å². The van der Waals surface area contributed by atoms with Gasteiger partial charge in [-0.2, -0.15) is 0 Å². The Balaban J connectivity index is 0.000000274. The Kier molecular flexibility index (Phi) is 8.32. The molecule has 8 atom stereocenters. The molecule has 5 heteroatoms. The second-order valence-electron chi connectivity index (χ2n) is 11.9. The molecule has 0 bridgehead atoms. The van der Waals surface area contributed by atoms with Gasteiger partial charge in [0.2, 0.25) is 0 Å². The Morgan fingerprint density at radius 1 is 0.906 bits per heavy atom. The fourth-order valence-electron chi connectivity index (χ4n) is 8.42. The number of Topliss-reactive ketones (excluding diaryl/α,β-unsaturated/α-hetero) is 1. The molecule has 4 saturated carbocycles. The summed E-state index contributed by atoms with van der Waals surface area (Å²) >= 11 is 0. The van der Waals surface area contributed by atoms with Crippen molar-refractivity contribution >= 4 is 11.6 Å². The predicted molar refractivity (Wildman–Crippen MR) is 125 cm³/mol. The smallest absolute Gasteiger partial charge is 0.155 e. The number of rotatable bonds is 1. The maximum atomic E-state index is 12.1. The molecule has 4 nitrogen and oxygen atoms in total. The number of carbonyl (C=O) groups is 2. The zero-order valence-corrected chi connectivity index (χ0v) is 22.6. The SMILES string of the molecule is CC(=O)[C@H]1CCC2C3CCC4=CC(=O)CC[C@]4(C)C3CC[C@@]21C.N[C@@H]1CCCC[C@H]1N.[Pt]. The van der Waals surface area contributed by atoms with E-state index in [0.29, 0.717) is 17.5 Å². The summed E-state index contributed by atoms with van der Waals surface area (Å²) in [5.41, 5.74) is 13.3. The second kappa shape index (κ2) is 10.1. The first-order valence-corrected chi connectivity index (χ1v) is 12.9. The zero-order valence-electron chi connectivity index (χ0n) is 20.3. The number of allylic oxidation sites excluding steroid dienone is 1. The number of carbonyl (C=O) groups excluding carboxylic acids is 2. The van der Waals surface area contributed by atoms with E-state index in [1.807, 2.05) is 6.08 Å². The van der Waals surface area contributed by atoms with Gasteiger partial charge >= 0.3 is 0 Å². The fraction of sp³-hybridized carbons (Fsp3) is 0.852. The fourth-order valence-corrected chi connectivity index (χ4v) is 8.42. The number of ketones is 2. The van der Waals surface area contributed by atoms with E-state index >= 15 is 0 Å². The van der Waals surface area contributed by atoms with E-state index in [9.17, 15) is 9.59 Å². The molecule has 0 aromatic rings. The van der Waals surface area contributed by atoms with Crippen LogP contribution in [0.2, 0.25) is 0 Å². The van der Waals surface area contributed by atoms with Gasteiger partial charge in [-0.05, 0) is 99.4 Å². The number of hydrogen-bond acceptors (Lipinski definition) is 4. The predicted octanol–water partition coefficient (Wildman–Crippen LogP) is 4.94. The number of nitrogens with two attached hydrogens (primary N) is 2. The maximum Gasteiger partial charge on any atom is 0.155 e. The summed E-state index contributed by atoms with van der Waals surface area (Å²) in [6.45, 7) is 6.65. The molecule has 0 heterocycles. The first kappa shape index (κ1) is 26.3. The van der Waals surface area contributed by atoms with Crippen molar-refractivity contribution in [2.45, 2.75) is 110 Å². The molecule has 32 heavy (non-hydrogen) atoms. The Morgan fingerprint density at radius 3 is 2.16 bits per heavy atom. The third-order valence-electron chi connectivity index (χ3n) is 10.3. The third kappa shape index (κ3) is 4.62. The first-order valence-electron chi connectivity index (χ1n) is 12.9. The Hall–Kier alpha value is -0.312. The van der Waals surface area contributed by atoms with Crippen molar-refractivity contribution in [1.82, 2.24) is 0 Å². The van der Waals surface area contributed by atoms with Crippen molar-refractivity contribution in [2.24, 2.45) is 46.0 Å². The monoisotopic (exact) mass is 623 g/mol. The molecule has 0 aromatic carbocycles. The minimum atomic E-state index is 0. The van der Waals surface area contributed by atoms with Gasteiger partial charge in [-0.1, -0.05) is 32.3 Å².